The molecule has 1 unspecified atom stereocenters. The van der Waals surface area contributed by atoms with Gasteiger partial charge in [-0.05, 0) is 24.5 Å². The van der Waals surface area contributed by atoms with Crippen LogP contribution < -0.4 is 5.73 Å². The summed E-state index contributed by atoms with van der Waals surface area (Å²) in [6, 6.07) is 8.07. The topological polar surface area (TPSA) is 58.6 Å². The van der Waals surface area contributed by atoms with Gasteiger partial charge in [0, 0.05) is 0 Å². The van der Waals surface area contributed by atoms with Crippen LogP contribution in [0.5, 0.6) is 0 Å². The van der Waals surface area contributed by atoms with Crippen LogP contribution in [-0.4, -0.2) is 11.0 Å². The number of hydrogen-bond acceptors (Lipinski definition) is 2. The first-order valence-corrected chi connectivity index (χ1v) is 4.25. The summed E-state index contributed by atoms with van der Waals surface area (Å²) in [5.74, 6) is 0.297. The van der Waals surface area contributed by atoms with Gasteiger partial charge in [0.2, 0.25) is 0 Å². The predicted octanol–water partition coefficient (Wildman–Crippen LogP) is 1.25. The lowest BCUT2D eigenvalue weighted by Crippen LogP contribution is -2.47. The first-order chi connectivity index (χ1) is 6.18. The lowest BCUT2D eigenvalue weighted by molar-refractivity contribution is 0.310. The van der Waals surface area contributed by atoms with Crippen molar-refractivity contribution in [1.29, 1.82) is 0 Å². The molecule has 0 amide bonds. The van der Waals surface area contributed by atoms with Crippen molar-refractivity contribution in [1.82, 2.24) is 0 Å². The van der Waals surface area contributed by atoms with Gasteiger partial charge in [0.05, 0.1) is 5.41 Å². The molecule has 0 radical (unpaired) electrons. The minimum absolute atomic E-state index is 0.259. The van der Waals surface area contributed by atoms with Crippen molar-refractivity contribution < 1.29 is 5.21 Å². The lowest BCUT2D eigenvalue weighted by atomic mass is 9.64. The van der Waals surface area contributed by atoms with E-state index in [0.29, 0.717) is 5.84 Å². The Labute approximate surface area is 76.9 Å². The third-order valence-electron chi connectivity index (χ3n) is 2.83. The summed E-state index contributed by atoms with van der Waals surface area (Å²) < 4.78 is 0. The number of oxime groups is 1. The molecule has 3 N–H and O–H groups in total. The molecular formula is C10H12N2O. The Morgan fingerprint density at radius 1 is 1.54 bits per heavy atom. The van der Waals surface area contributed by atoms with Crippen LogP contribution in [0.3, 0.4) is 0 Å². The summed E-state index contributed by atoms with van der Waals surface area (Å²) >= 11 is 0. The van der Waals surface area contributed by atoms with Crippen LogP contribution >= 0.6 is 0 Å². The van der Waals surface area contributed by atoms with Crippen LogP contribution in [0.2, 0.25) is 0 Å². The number of nitrogens with two attached hydrogens (primary N) is 1. The molecule has 1 aliphatic carbocycles. The van der Waals surface area contributed by atoms with E-state index in [1.54, 1.807) is 0 Å². The van der Waals surface area contributed by atoms with Gasteiger partial charge in [0.1, 0.15) is 5.84 Å². The van der Waals surface area contributed by atoms with Crippen LogP contribution in [0, 0.1) is 0 Å². The summed E-state index contributed by atoms with van der Waals surface area (Å²) in [4.78, 5) is 0. The molecule has 0 aliphatic heterocycles. The van der Waals surface area contributed by atoms with Gasteiger partial charge in [-0.25, -0.2) is 0 Å². The second kappa shape index (κ2) is 2.49. The Balaban J connectivity index is 2.45. The van der Waals surface area contributed by atoms with Crippen molar-refractivity contribution in [2.45, 2.75) is 18.8 Å². The second-order valence-electron chi connectivity index (χ2n) is 3.65. The molecule has 1 aliphatic rings. The van der Waals surface area contributed by atoms with E-state index in [-0.39, 0.29) is 5.41 Å². The van der Waals surface area contributed by atoms with Gasteiger partial charge in [-0.2, -0.15) is 0 Å². The normalized spacial score (nSPS) is 26.4. The summed E-state index contributed by atoms with van der Waals surface area (Å²) in [6.45, 7) is 1.99. The largest absolute Gasteiger partial charge is 0.409 e. The Kier molecular flexibility index (Phi) is 1.55. The first-order valence-electron chi connectivity index (χ1n) is 4.25. The average molecular weight is 176 g/mol. The molecule has 3 heteroatoms. The van der Waals surface area contributed by atoms with E-state index in [4.69, 9.17) is 10.9 Å². The van der Waals surface area contributed by atoms with Crippen LogP contribution in [-0.2, 0) is 11.8 Å². The van der Waals surface area contributed by atoms with Gasteiger partial charge in [-0.3, -0.25) is 0 Å². The molecule has 2 rings (SSSR count). The molecule has 13 heavy (non-hydrogen) atoms. The molecule has 3 nitrogen and oxygen atoms in total. The van der Waals surface area contributed by atoms with Crippen molar-refractivity contribution >= 4 is 5.84 Å². The summed E-state index contributed by atoms with van der Waals surface area (Å²) in [6.07, 6.45) is 0.860. The number of rotatable bonds is 1. The molecule has 0 fully saturated rings. The van der Waals surface area contributed by atoms with E-state index in [2.05, 4.69) is 11.2 Å². The zero-order valence-electron chi connectivity index (χ0n) is 7.49. The molecule has 0 heterocycles. The first kappa shape index (κ1) is 8.10. The van der Waals surface area contributed by atoms with Gasteiger partial charge in [-0.15, -0.1) is 0 Å². The van der Waals surface area contributed by atoms with Crippen LogP contribution in [0.4, 0.5) is 0 Å². The molecular weight excluding hydrogens is 164 g/mol. The third kappa shape index (κ3) is 0.932. The molecule has 68 valence electrons. The minimum atomic E-state index is -0.259. The summed E-state index contributed by atoms with van der Waals surface area (Å²) in [7, 11) is 0. The third-order valence-corrected chi connectivity index (χ3v) is 2.83. The van der Waals surface area contributed by atoms with Crippen molar-refractivity contribution in [3.05, 3.63) is 35.4 Å². The van der Waals surface area contributed by atoms with E-state index in [9.17, 15) is 0 Å². The molecule has 0 bridgehead atoms. The highest BCUT2D eigenvalue weighted by Crippen LogP contribution is 2.40. The SMILES string of the molecule is CC1(C(N)=NO)Cc2ccccc21. The number of fused-ring (bicyclic) bond motifs is 1. The minimum Gasteiger partial charge on any atom is -0.409 e. The predicted molar refractivity (Wildman–Crippen MR) is 50.9 cm³/mol. The highest BCUT2D eigenvalue weighted by molar-refractivity contribution is 5.93. The molecule has 1 aromatic rings. The van der Waals surface area contributed by atoms with E-state index in [1.807, 2.05) is 25.1 Å². The summed E-state index contributed by atoms with van der Waals surface area (Å²) in [5.41, 5.74) is 7.83. The van der Waals surface area contributed by atoms with Crippen LogP contribution in [0.15, 0.2) is 29.4 Å². The molecule has 0 saturated heterocycles. The van der Waals surface area contributed by atoms with Crippen molar-refractivity contribution in [3.63, 3.8) is 0 Å². The molecule has 1 aromatic carbocycles. The van der Waals surface area contributed by atoms with E-state index in [0.717, 1.165) is 6.42 Å². The highest BCUT2D eigenvalue weighted by atomic mass is 16.4. The zero-order valence-corrected chi connectivity index (χ0v) is 7.49. The van der Waals surface area contributed by atoms with Gasteiger partial charge in [-0.1, -0.05) is 29.4 Å². The maximum Gasteiger partial charge on any atom is 0.149 e. The van der Waals surface area contributed by atoms with Gasteiger partial charge in [0.15, 0.2) is 0 Å². The Hall–Kier alpha value is -1.51. The Bertz CT molecular complexity index is 373. The Morgan fingerprint density at radius 3 is 2.85 bits per heavy atom. The standard InChI is InChI=1S/C10H12N2O/c1-10(9(11)12-13)6-7-4-2-3-5-8(7)10/h2-5,13H,6H2,1H3,(H2,11,12). The number of benzene rings is 1. The van der Waals surface area contributed by atoms with Crippen LogP contribution in [0.25, 0.3) is 0 Å². The highest BCUT2D eigenvalue weighted by Gasteiger charge is 2.41. The molecule has 0 spiro atoms. The molecule has 1 atom stereocenters. The van der Waals surface area contributed by atoms with Gasteiger partial charge < -0.3 is 10.9 Å². The number of amidine groups is 1. The number of nitrogens with zero attached hydrogens (tertiary/aromatic N) is 1. The smallest absolute Gasteiger partial charge is 0.149 e. The fraction of sp³-hybridized carbons (Fsp3) is 0.300. The van der Waals surface area contributed by atoms with Crippen molar-refractivity contribution in [2.75, 3.05) is 0 Å². The van der Waals surface area contributed by atoms with Crippen LogP contribution in [0.1, 0.15) is 18.1 Å². The monoisotopic (exact) mass is 176 g/mol. The quantitative estimate of drug-likeness (QED) is 0.293. The number of hydrogen-bond donors (Lipinski definition) is 2. The maximum atomic E-state index is 8.62. The Morgan fingerprint density at radius 2 is 2.23 bits per heavy atom. The van der Waals surface area contributed by atoms with Gasteiger partial charge in [0.25, 0.3) is 0 Å². The van der Waals surface area contributed by atoms with E-state index < -0.39 is 0 Å². The lowest BCUT2D eigenvalue weighted by Gasteiger charge is -2.39. The second-order valence-corrected chi connectivity index (χ2v) is 3.65. The van der Waals surface area contributed by atoms with Gasteiger partial charge >= 0.3 is 0 Å². The van der Waals surface area contributed by atoms with Crippen molar-refractivity contribution in [3.8, 4) is 0 Å². The maximum absolute atomic E-state index is 8.62. The zero-order chi connectivity index (χ0) is 9.47. The molecule has 0 saturated carbocycles. The average Bonchev–Trinajstić information content (AvgIpc) is 2.15. The fourth-order valence-electron chi connectivity index (χ4n) is 1.92. The van der Waals surface area contributed by atoms with E-state index >= 15 is 0 Å². The summed E-state index contributed by atoms with van der Waals surface area (Å²) in [5, 5.41) is 11.7. The molecule has 0 aromatic heterocycles. The van der Waals surface area contributed by atoms with Crippen molar-refractivity contribution in [2.24, 2.45) is 10.9 Å². The van der Waals surface area contributed by atoms with E-state index in [1.165, 1.54) is 11.1 Å². The fourth-order valence-corrected chi connectivity index (χ4v) is 1.92.